The highest BCUT2D eigenvalue weighted by Gasteiger charge is 2.30. The molecule has 16 heavy (non-hydrogen) atoms. The van der Waals surface area contributed by atoms with Gasteiger partial charge in [-0.05, 0) is 52.6 Å². The largest absolute Gasteiger partial charge is 0.508 e. The molecule has 0 saturated heterocycles. The molecule has 0 amide bonds. The van der Waals surface area contributed by atoms with Gasteiger partial charge in [0.25, 0.3) is 0 Å². The number of rotatable bonds is 4. The van der Waals surface area contributed by atoms with Crippen LogP contribution in [0.5, 0.6) is 5.75 Å². The van der Waals surface area contributed by atoms with Crippen LogP contribution in [0.2, 0.25) is 0 Å². The summed E-state index contributed by atoms with van der Waals surface area (Å²) >= 11 is 2.13. The Bertz CT molecular complexity index is 363. The number of aliphatic hydroxyl groups is 2. The van der Waals surface area contributed by atoms with Gasteiger partial charge in [0.1, 0.15) is 5.75 Å². The van der Waals surface area contributed by atoms with Crippen molar-refractivity contribution < 1.29 is 15.3 Å². The van der Waals surface area contributed by atoms with Crippen molar-refractivity contribution in [2.45, 2.75) is 26.4 Å². The van der Waals surface area contributed by atoms with E-state index in [1.807, 2.05) is 13.8 Å². The molecule has 3 N–H and O–H groups in total. The minimum absolute atomic E-state index is 0.0226. The predicted molar refractivity (Wildman–Crippen MR) is 71.3 cm³/mol. The van der Waals surface area contributed by atoms with E-state index >= 15 is 0 Å². The molecule has 0 aromatic heterocycles. The molecule has 0 heterocycles. The molecule has 1 atom stereocenters. The highest BCUT2D eigenvalue weighted by molar-refractivity contribution is 14.1. The Morgan fingerprint density at radius 1 is 1.38 bits per heavy atom. The van der Waals surface area contributed by atoms with Gasteiger partial charge in [0.2, 0.25) is 0 Å². The van der Waals surface area contributed by atoms with Crippen molar-refractivity contribution in [1.82, 2.24) is 0 Å². The van der Waals surface area contributed by atoms with Gasteiger partial charge in [0.05, 0.1) is 6.10 Å². The molecule has 90 valence electrons. The summed E-state index contributed by atoms with van der Waals surface area (Å²) in [6, 6.07) is 5.13. The Morgan fingerprint density at radius 3 is 2.56 bits per heavy atom. The van der Waals surface area contributed by atoms with E-state index in [1.54, 1.807) is 18.2 Å². The van der Waals surface area contributed by atoms with Crippen LogP contribution in [-0.4, -0.2) is 21.9 Å². The Labute approximate surface area is 109 Å². The molecule has 0 spiro atoms. The molecule has 1 rings (SSSR count). The van der Waals surface area contributed by atoms with Crippen LogP contribution in [0.3, 0.4) is 0 Å². The zero-order valence-electron chi connectivity index (χ0n) is 9.44. The zero-order chi connectivity index (χ0) is 12.3. The van der Waals surface area contributed by atoms with Crippen molar-refractivity contribution >= 4 is 22.6 Å². The molecule has 0 aliphatic rings. The standard InChI is InChI=1S/C12H17IO3/c1-12(2,5-6-14)11(16)9-7-8(13)3-4-10(9)15/h3-4,7,11,14-16H,5-6H2,1-2H3/t11-/m0/s1. The summed E-state index contributed by atoms with van der Waals surface area (Å²) < 4.78 is 0.962. The van der Waals surface area contributed by atoms with Crippen molar-refractivity contribution in [2.75, 3.05) is 6.61 Å². The highest BCUT2D eigenvalue weighted by atomic mass is 127. The van der Waals surface area contributed by atoms with Gasteiger partial charge in [-0.1, -0.05) is 13.8 Å². The Hall–Kier alpha value is -0.330. The quantitative estimate of drug-likeness (QED) is 0.740. The van der Waals surface area contributed by atoms with E-state index in [-0.39, 0.29) is 12.4 Å². The minimum Gasteiger partial charge on any atom is -0.508 e. The second kappa shape index (κ2) is 5.33. The highest BCUT2D eigenvalue weighted by Crippen LogP contribution is 2.39. The maximum atomic E-state index is 10.2. The first-order valence-corrected chi connectivity index (χ1v) is 6.23. The van der Waals surface area contributed by atoms with Gasteiger partial charge in [-0.15, -0.1) is 0 Å². The van der Waals surface area contributed by atoms with Gasteiger partial charge in [0.15, 0.2) is 0 Å². The summed E-state index contributed by atoms with van der Waals surface area (Å²) in [6.07, 6.45) is -0.298. The molecular weight excluding hydrogens is 319 g/mol. The number of benzene rings is 1. The van der Waals surface area contributed by atoms with Crippen LogP contribution in [0.4, 0.5) is 0 Å². The molecule has 0 bridgehead atoms. The maximum absolute atomic E-state index is 10.2. The van der Waals surface area contributed by atoms with Gasteiger partial charge in [-0.2, -0.15) is 0 Å². The molecule has 0 radical (unpaired) electrons. The lowest BCUT2D eigenvalue weighted by Crippen LogP contribution is -2.23. The molecule has 0 aliphatic heterocycles. The van der Waals surface area contributed by atoms with E-state index in [0.717, 1.165) is 3.57 Å². The third-order valence-electron chi connectivity index (χ3n) is 2.78. The number of phenols is 1. The van der Waals surface area contributed by atoms with E-state index in [9.17, 15) is 10.2 Å². The number of halogens is 1. The van der Waals surface area contributed by atoms with Gasteiger partial charge < -0.3 is 15.3 Å². The summed E-state index contributed by atoms with van der Waals surface area (Å²) in [7, 11) is 0. The lowest BCUT2D eigenvalue weighted by atomic mass is 9.80. The molecular formula is C12H17IO3. The molecule has 4 heteroatoms. The van der Waals surface area contributed by atoms with Crippen molar-refractivity contribution in [3.05, 3.63) is 27.3 Å². The fourth-order valence-corrected chi connectivity index (χ4v) is 2.11. The van der Waals surface area contributed by atoms with E-state index in [2.05, 4.69) is 22.6 Å². The van der Waals surface area contributed by atoms with E-state index in [0.29, 0.717) is 12.0 Å². The molecule has 0 saturated carbocycles. The van der Waals surface area contributed by atoms with Crippen molar-refractivity contribution in [2.24, 2.45) is 5.41 Å². The SMILES string of the molecule is CC(C)(CCO)[C@@H](O)c1cc(I)ccc1O. The second-order valence-electron chi connectivity index (χ2n) is 4.57. The van der Waals surface area contributed by atoms with Crippen LogP contribution in [0.15, 0.2) is 18.2 Å². The van der Waals surface area contributed by atoms with Gasteiger partial charge in [-0.3, -0.25) is 0 Å². The van der Waals surface area contributed by atoms with Crippen LogP contribution in [0.25, 0.3) is 0 Å². The monoisotopic (exact) mass is 336 g/mol. The molecule has 1 aromatic carbocycles. The first kappa shape index (κ1) is 13.7. The fraction of sp³-hybridized carbons (Fsp3) is 0.500. The Morgan fingerprint density at radius 2 is 2.00 bits per heavy atom. The molecule has 3 nitrogen and oxygen atoms in total. The normalized spacial score (nSPS) is 13.8. The number of aliphatic hydroxyl groups excluding tert-OH is 2. The Kier molecular flexibility index (Phi) is 4.58. The lowest BCUT2D eigenvalue weighted by Gasteiger charge is -2.30. The van der Waals surface area contributed by atoms with E-state index in [1.165, 1.54) is 0 Å². The van der Waals surface area contributed by atoms with Crippen molar-refractivity contribution in [1.29, 1.82) is 0 Å². The summed E-state index contributed by atoms with van der Waals surface area (Å²) in [5.41, 5.74) is 0.0572. The summed E-state index contributed by atoms with van der Waals surface area (Å²) in [4.78, 5) is 0. The van der Waals surface area contributed by atoms with E-state index in [4.69, 9.17) is 5.11 Å². The minimum atomic E-state index is -0.783. The topological polar surface area (TPSA) is 60.7 Å². The number of aromatic hydroxyl groups is 1. The van der Waals surface area contributed by atoms with Gasteiger partial charge in [0, 0.05) is 15.7 Å². The number of hydrogen-bond donors (Lipinski definition) is 3. The third-order valence-corrected chi connectivity index (χ3v) is 3.45. The lowest BCUT2D eigenvalue weighted by molar-refractivity contribution is 0.0288. The Balaban J connectivity index is 3.03. The van der Waals surface area contributed by atoms with Crippen LogP contribution in [0.1, 0.15) is 31.9 Å². The smallest absolute Gasteiger partial charge is 0.121 e. The van der Waals surface area contributed by atoms with Gasteiger partial charge in [-0.25, -0.2) is 0 Å². The van der Waals surface area contributed by atoms with E-state index < -0.39 is 11.5 Å². The molecule has 0 unspecified atom stereocenters. The average molecular weight is 336 g/mol. The maximum Gasteiger partial charge on any atom is 0.121 e. The van der Waals surface area contributed by atoms with Crippen LogP contribution >= 0.6 is 22.6 Å². The summed E-state index contributed by atoms with van der Waals surface area (Å²) in [6.45, 7) is 3.76. The van der Waals surface area contributed by atoms with Crippen LogP contribution in [-0.2, 0) is 0 Å². The second-order valence-corrected chi connectivity index (χ2v) is 5.81. The fourth-order valence-electron chi connectivity index (χ4n) is 1.59. The third kappa shape index (κ3) is 3.09. The van der Waals surface area contributed by atoms with Crippen LogP contribution < -0.4 is 0 Å². The summed E-state index contributed by atoms with van der Waals surface area (Å²) in [5, 5.41) is 28.9. The zero-order valence-corrected chi connectivity index (χ0v) is 11.6. The van der Waals surface area contributed by atoms with Crippen molar-refractivity contribution in [3.63, 3.8) is 0 Å². The summed E-state index contributed by atoms with van der Waals surface area (Å²) in [5.74, 6) is 0.0962. The molecule has 0 aliphatic carbocycles. The average Bonchev–Trinajstić information content (AvgIpc) is 2.20. The number of phenolic OH excluding ortho intramolecular Hbond substituents is 1. The first-order valence-electron chi connectivity index (χ1n) is 5.16. The van der Waals surface area contributed by atoms with Crippen LogP contribution in [0, 0.1) is 8.99 Å². The molecule has 1 aromatic rings. The van der Waals surface area contributed by atoms with Gasteiger partial charge >= 0.3 is 0 Å². The van der Waals surface area contributed by atoms with Crippen molar-refractivity contribution in [3.8, 4) is 5.75 Å². The number of hydrogen-bond acceptors (Lipinski definition) is 3. The predicted octanol–water partition coefficient (Wildman–Crippen LogP) is 2.44. The first-order chi connectivity index (χ1) is 7.38. The molecule has 0 fully saturated rings.